The Kier molecular flexibility index (Phi) is 7.63. The smallest absolute Gasteiger partial charge is 0.358 e. The predicted molar refractivity (Wildman–Crippen MR) is 118 cm³/mol. The van der Waals surface area contributed by atoms with Crippen LogP contribution in [-0.2, 0) is 7.05 Å². The van der Waals surface area contributed by atoms with Crippen LogP contribution in [0.4, 0.5) is 4.39 Å². The van der Waals surface area contributed by atoms with E-state index in [0.29, 0.717) is 39.1 Å². The van der Waals surface area contributed by atoms with Gasteiger partial charge in [0.25, 0.3) is 5.56 Å². The van der Waals surface area contributed by atoms with Crippen molar-refractivity contribution in [3.8, 4) is 11.3 Å². The minimum Gasteiger partial charge on any atom is -0.358 e. The summed E-state index contributed by atoms with van der Waals surface area (Å²) < 4.78 is 17.7. The second-order valence-corrected chi connectivity index (χ2v) is 7.53. The van der Waals surface area contributed by atoms with Crippen molar-refractivity contribution in [1.82, 2.24) is 24.6 Å². The zero-order valence-electron chi connectivity index (χ0n) is 18.2. The molecule has 0 saturated heterocycles. The van der Waals surface area contributed by atoms with Crippen LogP contribution in [0.1, 0.15) is 13.3 Å². The molecule has 1 N–H and O–H groups in total. The fourth-order valence-corrected chi connectivity index (χ4v) is 3.92. The van der Waals surface area contributed by atoms with Gasteiger partial charge in [-0.1, -0.05) is 6.08 Å². The average molecular weight is 537 g/mol. The third-order valence-corrected chi connectivity index (χ3v) is 5.36. The number of hydrogen-bond donors (Lipinski definition) is 1. The van der Waals surface area contributed by atoms with Crippen LogP contribution in [0.5, 0.6) is 0 Å². The predicted octanol–water partition coefficient (Wildman–Crippen LogP) is 0.766. The number of nitrogens with zero attached hydrogens (tertiary/aromatic N) is 4. The van der Waals surface area contributed by atoms with Crippen molar-refractivity contribution in [2.75, 3.05) is 6.54 Å². The van der Waals surface area contributed by atoms with Crippen LogP contribution in [-0.4, -0.2) is 31.9 Å². The molecular weight excluding hydrogens is 514 g/mol. The minimum atomic E-state index is -0.387. The van der Waals surface area contributed by atoms with Gasteiger partial charge in [0.15, 0.2) is 5.82 Å². The number of halogens is 1. The molecule has 4 aromatic rings. The number of aryl methyl sites for hydroxylation is 1. The van der Waals surface area contributed by atoms with Crippen LogP contribution in [0.25, 0.3) is 38.8 Å². The molecule has 1 aliphatic heterocycles. The van der Waals surface area contributed by atoms with Crippen molar-refractivity contribution >= 4 is 27.5 Å². The Bertz CT molecular complexity index is 1360. The number of fused-ring (bicyclic) bond motifs is 2. The molecule has 0 radical (unpaired) electrons. The number of aromatic nitrogens is 4. The van der Waals surface area contributed by atoms with E-state index in [-0.39, 0.29) is 87.7 Å². The zero-order valence-corrected chi connectivity index (χ0v) is 24.5. The third kappa shape index (κ3) is 4.61. The van der Waals surface area contributed by atoms with Crippen molar-refractivity contribution < 1.29 is 73.3 Å². The van der Waals surface area contributed by atoms with E-state index in [1.165, 1.54) is 6.07 Å². The summed E-state index contributed by atoms with van der Waals surface area (Å²) in [6.07, 6.45) is 6.38. The van der Waals surface area contributed by atoms with E-state index >= 15 is 0 Å². The molecule has 3 aromatic heterocycles. The van der Waals surface area contributed by atoms with E-state index < -0.39 is 0 Å². The summed E-state index contributed by atoms with van der Waals surface area (Å²) in [7, 11) is 1.76. The number of nitrogens with one attached hydrogen (secondary N) is 1. The van der Waals surface area contributed by atoms with Crippen molar-refractivity contribution in [2.24, 2.45) is 7.05 Å². The van der Waals surface area contributed by atoms with Crippen molar-refractivity contribution in [2.45, 2.75) is 19.4 Å². The molecular formula is C23H23CsFN5O. The van der Waals surface area contributed by atoms with Crippen LogP contribution in [0.2, 0.25) is 0 Å². The normalized spacial score (nSPS) is 16.0. The Morgan fingerprint density at radius 2 is 2.03 bits per heavy atom. The second-order valence-electron chi connectivity index (χ2n) is 7.53. The van der Waals surface area contributed by atoms with Gasteiger partial charge >= 0.3 is 68.9 Å². The molecule has 154 valence electrons. The summed E-state index contributed by atoms with van der Waals surface area (Å²) in [5.74, 6) is -0.387. The van der Waals surface area contributed by atoms with Gasteiger partial charge in [0.2, 0.25) is 0 Å². The number of hydrogen-bond acceptors (Lipinski definition) is 4. The van der Waals surface area contributed by atoms with Crippen molar-refractivity contribution in [1.29, 1.82) is 0 Å². The van der Waals surface area contributed by atoms with E-state index in [0.717, 1.165) is 18.7 Å². The molecule has 0 amide bonds. The molecule has 1 unspecified atom stereocenters. The Labute approximate surface area is 239 Å². The monoisotopic (exact) mass is 537 g/mol. The van der Waals surface area contributed by atoms with Gasteiger partial charge in [-0.15, -0.1) is 0 Å². The number of benzene rings is 1. The molecule has 4 heterocycles. The molecule has 0 bridgehead atoms. The number of pyridine rings is 2. The van der Waals surface area contributed by atoms with Gasteiger partial charge < -0.3 is 12.7 Å². The second kappa shape index (κ2) is 9.70. The maximum absolute atomic E-state index is 14.4. The Morgan fingerprint density at radius 3 is 2.81 bits per heavy atom. The molecule has 0 fully saturated rings. The Balaban J connectivity index is 0.00000136. The summed E-state index contributed by atoms with van der Waals surface area (Å²) in [5, 5.41) is 8.74. The average Bonchev–Trinajstić information content (AvgIpc) is 3.09. The molecule has 0 spiro atoms. The quantitative estimate of drug-likeness (QED) is 0.384. The Hall–Kier alpha value is -1.27. The molecule has 6 nitrogen and oxygen atoms in total. The van der Waals surface area contributed by atoms with Gasteiger partial charge in [0.05, 0.1) is 16.6 Å². The SMILES string of the molecule is CC1CC(n2ccc3nc(-c4cc(F)c5nn(C)cc5c4)ccc3c2=O)=CCN1.[CH3-].[Cs+]. The van der Waals surface area contributed by atoms with Crippen molar-refractivity contribution in [3.05, 3.63) is 72.4 Å². The minimum absolute atomic E-state index is 0. The van der Waals surface area contributed by atoms with E-state index in [4.69, 9.17) is 0 Å². The first-order valence-electron chi connectivity index (χ1n) is 9.58. The summed E-state index contributed by atoms with van der Waals surface area (Å²) in [6.45, 7) is 2.85. The molecule has 31 heavy (non-hydrogen) atoms. The standard InChI is InChI=1S/C22H20FN5O.CH3.Cs/c1-13-9-16(5-7-24-13)28-8-6-20-17(22(28)29)3-4-19(25-20)14-10-15-12-27(2)26-21(15)18(23)11-14;;/h3-6,8,10-13,24H,7,9H2,1-2H3;1H3;/q;-1;+1. The molecule has 8 heteroatoms. The fourth-order valence-electron chi connectivity index (χ4n) is 3.92. The van der Waals surface area contributed by atoms with Crippen LogP contribution < -0.4 is 79.8 Å². The Morgan fingerprint density at radius 1 is 1.23 bits per heavy atom. The van der Waals surface area contributed by atoms with Crippen LogP contribution in [0.15, 0.2) is 53.6 Å². The summed E-state index contributed by atoms with van der Waals surface area (Å²) in [6, 6.07) is 9.01. The maximum atomic E-state index is 14.4. The largest absolute Gasteiger partial charge is 1.00 e. The van der Waals surface area contributed by atoms with E-state index in [2.05, 4.69) is 22.3 Å². The first-order chi connectivity index (χ1) is 14.0. The van der Waals surface area contributed by atoms with Crippen LogP contribution in [0, 0.1) is 13.2 Å². The molecule has 1 aliphatic rings. The van der Waals surface area contributed by atoms with Crippen LogP contribution >= 0.6 is 0 Å². The summed E-state index contributed by atoms with van der Waals surface area (Å²) in [4.78, 5) is 17.6. The summed E-state index contributed by atoms with van der Waals surface area (Å²) >= 11 is 0. The van der Waals surface area contributed by atoms with Gasteiger partial charge in [0, 0.05) is 55.1 Å². The van der Waals surface area contributed by atoms with Gasteiger partial charge in [0.1, 0.15) is 5.52 Å². The first kappa shape index (κ1) is 24.4. The first-order valence-corrected chi connectivity index (χ1v) is 9.58. The van der Waals surface area contributed by atoms with Crippen molar-refractivity contribution in [3.63, 3.8) is 0 Å². The van der Waals surface area contributed by atoms with Gasteiger partial charge in [-0.3, -0.25) is 14.0 Å². The number of rotatable bonds is 2. The zero-order chi connectivity index (χ0) is 20.1. The molecule has 1 aromatic carbocycles. The van der Waals surface area contributed by atoms with E-state index in [1.807, 2.05) is 18.2 Å². The van der Waals surface area contributed by atoms with E-state index in [1.54, 1.807) is 40.8 Å². The van der Waals surface area contributed by atoms with E-state index in [9.17, 15) is 9.18 Å². The van der Waals surface area contributed by atoms with Gasteiger partial charge in [-0.05, 0) is 37.3 Å². The molecule has 1 atom stereocenters. The van der Waals surface area contributed by atoms with Crippen LogP contribution in [0.3, 0.4) is 0 Å². The topological polar surface area (TPSA) is 64.7 Å². The fraction of sp³-hybridized carbons (Fsp3) is 0.217. The third-order valence-electron chi connectivity index (χ3n) is 5.36. The van der Waals surface area contributed by atoms with Gasteiger partial charge in [-0.2, -0.15) is 5.10 Å². The molecule has 0 saturated carbocycles. The maximum Gasteiger partial charge on any atom is 1.00 e. The molecule has 5 rings (SSSR count). The molecule has 0 aliphatic carbocycles. The van der Waals surface area contributed by atoms with Gasteiger partial charge in [-0.25, -0.2) is 9.37 Å². The summed E-state index contributed by atoms with van der Waals surface area (Å²) in [5.41, 5.74) is 3.12.